The summed E-state index contributed by atoms with van der Waals surface area (Å²) in [6.07, 6.45) is 1.73. The topological polar surface area (TPSA) is 56.1 Å². The number of aryl methyl sites for hydroxylation is 2. The van der Waals surface area contributed by atoms with Crippen LogP contribution in [0.25, 0.3) is 11.2 Å². The van der Waals surface area contributed by atoms with Gasteiger partial charge in [-0.05, 0) is 48.8 Å². The molecule has 0 bridgehead atoms. The number of hydrogen-bond acceptors (Lipinski definition) is 5. The number of halogens is 4. The first-order valence-corrected chi connectivity index (χ1v) is 10.7. The van der Waals surface area contributed by atoms with Gasteiger partial charge in [0.1, 0.15) is 5.82 Å². The van der Waals surface area contributed by atoms with Crippen LogP contribution < -0.4 is 4.74 Å². The highest BCUT2D eigenvalue weighted by Crippen LogP contribution is 2.45. The summed E-state index contributed by atoms with van der Waals surface area (Å²) in [5, 5.41) is 0. The molecule has 1 saturated carbocycles. The van der Waals surface area contributed by atoms with Crippen molar-refractivity contribution in [2.45, 2.75) is 38.5 Å². The summed E-state index contributed by atoms with van der Waals surface area (Å²) in [7, 11) is 1.12. The zero-order valence-electron chi connectivity index (χ0n) is 17.6. The van der Waals surface area contributed by atoms with Gasteiger partial charge in [-0.25, -0.2) is 19.3 Å². The maximum Gasteiger partial charge on any atom is 0.417 e. The average molecular weight is 449 g/mol. The second-order valence-corrected chi connectivity index (χ2v) is 8.59. The minimum absolute atomic E-state index is 0.339. The van der Waals surface area contributed by atoms with Gasteiger partial charge < -0.3 is 9.30 Å². The summed E-state index contributed by atoms with van der Waals surface area (Å²) in [5.74, 6) is 1.65. The SMILES string of the molecule is COc1ncc(C(F)(F)F)cc1F.c1cc2c3c(n1)nc(CN1CC4CC4C1)n3CCC2. The van der Waals surface area contributed by atoms with Gasteiger partial charge in [0, 0.05) is 32.0 Å². The van der Waals surface area contributed by atoms with Gasteiger partial charge in [-0.2, -0.15) is 13.2 Å². The van der Waals surface area contributed by atoms with Crippen LogP contribution in [-0.2, 0) is 25.7 Å². The number of nitrogens with zero attached hydrogens (tertiary/aromatic N) is 5. The highest BCUT2D eigenvalue weighted by molar-refractivity contribution is 5.76. The summed E-state index contributed by atoms with van der Waals surface area (Å²) in [6.45, 7) is 4.70. The van der Waals surface area contributed by atoms with Crippen LogP contribution in [0.1, 0.15) is 29.8 Å². The first-order chi connectivity index (χ1) is 15.3. The lowest BCUT2D eigenvalue weighted by atomic mass is 10.1. The van der Waals surface area contributed by atoms with Crippen LogP contribution in [0.4, 0.5) is 17.6 Å². The zero-order chi connectivity index (χ0) is 22.5. The number of hydrogen-bond donors (Lipinski definition) is 0. The number of ether oxygens (including phenoxy) is 1. The van der Waals surface area contributed by atoms with Crippen molar-refractivity contribution in [1.82, 2.24) is 24.4 Å². The molecule has 6 rings (SSSR count). The molecule has 1 aliphatic carbocycles. The molecule has 0 aromatic carbocycles. The quantitative estimate of drug-likeness (QED) is 0.564. The number of imidazole rings is 1. The highest BCUT2D eigenvalue weighted by atomic mass is 19.4. The Balaban J connectivity index is 0.000000147. The predicted octanol–water partition coefficient (Wildman–Crippen LogP) is 4.08. The van der Waals surface area contributed by atoms with Gasteiger partial charge >= 0.3 is 6.18 Å². The van der Waals surface area contributed by atoms with Gasteiger partial charge in [-0.15, -0.1) is 0 Å². The van der Waals surface area contributed by atoms with Crippen LogP contribution in [-0.4, -0.2) is 44.6 Å². The van der Waals surface area contributed by atoms with Crippen LogP contribution in [0.5, 0.6) is 5.88 Å². The molecule has 32 heavy (non-hydrogen) atoms. The lowest BCUT2D eigenvalue weighted by Crippen LogP contribution is -2.24. The van der Waals surface area contributed by atoms with E-state index in [1.807, 2.05) is 6.20 Å². The largest absolute Gasteiger partial charge is 0.479 e. The molecular formula is C22H23F4N5O. The average Bonchev–Trinajstić information content (AvgIpc) is 3.21. The monoisotopic (exact) mass is 449 g/mol. The number of pyridine rings is 2. The Labute approximate surface area is 182 Å². The van der Waals surface area contributed by atoms with Crippen LogP contribution >= 0.6 is 0 Å². The van der Waals surface area contributed by atoms with Crippen molar-refractivity contribution < 1.29 is 22.3 Å². The number of piperidine rings is 1. The lowest BCUT2D eigenvalue weighted by Gasteiger charge is -2.20. The van der Waals surface area contributed by atoms with Crippen molar-refractivity contribution in [3.05, 3.63) is 47.3 Å². The van der Waals surface area contributed by atoms with E-state index in [1.165, 1.54) is 49.3 Å². The van der Waals surface area contributed by atoms with E-state index in [0.29, 0.717) is 12.3 Å². The van der Waals surface area contributed by atoms with Crippen molar-refractivity contribution >= 4 is 11.2 Å². The maximum atomic E-state index is 12.7. The molecule has 3 aliphatic rings. The fourth-order valence-electron chi connectivity index (χ4n) is 4.72. The van der Waals surface area contributed by atoms with Crippen molar-refractivity contribution in [3.63, 3.8) is 0 Å². The van der Waals surface area contributed by atoms with Crippen LogP contribution in [0, 0.1) is 17.7 Å². The van der Waals surface area contributed by atoms with E-state index < -0.39 is 23.4 Å². The fourth-order valence-corrected chi connectivity index (χ4v) is 4.72. The number of methoxy groups -OCH3 is 1. The number of rotatable bonds is 3. The normalized spacial score (nSPS) is 21.8. The molecule has 2 fully saturated rings. The third-order valence-electron chi connectivity index (χ3n) is 6.38. The molecule has 3 aromatic heterocycles. The first-order valence-electron chi connectivity index (χ1n) is 10.7. The number of alkyl halides is 3. The molecule has 5 heterocycles. The molecule has 2 unspecified atom stereocenters. The Bertz CT molecular complexity index is 1140. The molecule has 2 aliphatic heterocycles. The van der Waals surface area contributed by atoms with Crippen molar-refractivity contribution in [3.8, 4) is 5.88 Å². The minimum Gasteiger partial charge on any atom is -0.479 e. The highest BCUT2D eigenvalue weighted by Gasteiger charge is 2.45. The molecular weight excluding hydrogens is 426 g/mol. The summed E-state index contributed by atoms with van der Waals surface area (Å²) in [5.41, 5.74) is 2.55. The van der Waals surface area contributed by atoms with E-state index in [1.54, 1.807) is 0 Å². The molecule has 10 heteroatoms. The van der Waals surface area contributed by atoms with Crippen molar-refractivity contribution in [2.24, 2.45) is 11.8 Å². The Morgan fingerprint density at radius 3 is 2.66 bits per heavy atom. The van der Waals surface area contributed by atoms with Crippen LogP contribution in [0.2, 0.25) is 0 Å². The van der Waals surface area contributed by atoms with E-state index in [9.17, 15) is 17.6 Å². The Morgan fingerprint density at radius 1 is 1.19 bits per heavy atom. The second-order valence-electron chi connectivity index (χ2n) is 8.59. The summed E-state index contributed by atoms with van der Waals surface area (Å²) < 4.78 is 55.3. The van der Waals surface area contributed by atoms with Gasteiger partial charge in [-0.1, -0.05) is 0 Å². The maximum absolute atomic E-state index is 12.7. The van der Waals surface area contributed by atoms with E-state index >= 15 is 0 Å². The Morgan fingerprint density at radius 2 is 1.97 bits per heavy atom. The number of fused-ring (bicyclic) bond motifs is 1. The predicted molar refractivity (Wildman–Crippen MR) is 108 cm³/mol. The smallest absolute Gasteiger partial charge is 0.417 e. The van der Waals surface area contributed by atoms with E-state index in [2.05, 4.69) is 30.2 Å². The minimum atomic E-state index is -4.58. The van der Waals surface area contributed by atoms with Gasteiger partial charge in [0.25, 0.3) is 0 Å². The first kappa shape index (κ1) is 21.1. The Hall–Kier alpha value is -2.75. The lowest BCUT2D eigenvalue weighted by molar-refractivity contribution is -0.138. The van der Waals surface area contributed by atoms with Gasteiger partial charge in [0.15, 0.2) is 11.5 Å². The molecule has 0 spiro atoms. The summed E-state index contributed by atoms with van der Waals surface area (Å²) >= 11 is 0. The van der Waals surface area contributed by atoms with Crippen molar-refractivity contribution in [1.29, 1.82) is 0 Å². The Kier molecular flexibility index (Phi) is 5.27. The van der Waals surface area contributed by atoms with Gasteiger partial charge in [0.05, 0.1) is 24.7 Å². The van der Waals surface area contributed by atoms with E-state index in [4.69, 9.17) is 4.98 Å². The van der Waals surface area contributed by atoms with E-state index in [-0.39, 0.29) is 0 Å². The molecule has 2 atom stereocenters. The van der Waals surface area contributed by atoms with Gasteiger partial charge in [0.2, 0.25) is 5.88 Å². The third-order valence-corrected chi connectivity index (χ3v) is 6.38. The number of aromatic nitrogens is 4. The second kappa shape index (κ2) is 7.99. The van der Waals surface area contributed by atoms with Crippen LogP contribution in [0.3, 0.4) is 0 Å². The molecule has 0 amide bonds. The fraction of sp³-hybridized carbons (Fsp3) is 0.500. The van der Waals surface area contributed by atoms with Crippen molar-refractivity contribution in [2.75, 3.05) is 20.2 Å². The molecule has 170 valence electrons. The summed E-state index contributed by atoms with van der Waals surface area (Å²) in [6, 6.07) is 2.50. The third kappa shape index (κ3) is 4.03. The zero-order valence-corrected chi connectivity index (χ0v) is 17.6. The molecule has 3 aromatic rings. The number of likely N-dealkylation sites (tertiary alicyclic amines) is 1. The van der Waals surface area contributed by atoms with Gasteiger partial charge in [-0.3, -0.25) is 4.90 Å². The molecule has 6 nitrogen and oxygen atoms in total. The molecule has 0 N–H and O–H groups in total. The summed E-state index contributed by atoms with van der Waals surface area (Å²) in [4.78, 5) is 15.0. The standard InChI is InChI=1S/C15H18N4.C7H5F4NO/c1-2-10-3-4-16-15-14(10)19(5-1)13(17-15)9-18-7-11-6-12(11)8-18;1-13-6-5(8)2-4(3-12-6)7(9,10)11/h3-4,11-12H,1-2,5-9H2;2-3H,1H3. The molecule has 1 saturated heterocycles. The van der Waals surface area contributed by atoms with Crippen LogP contribution in [0.15, 0.2) is 24.5 Å². The molecule has 0 radical (unpaired) electrons. The van der Waals surface area contributed by atoms with E-state index in [0.717, 1.165) is 37.7 Å².